The first-order valence-corrected chi connectivity index (χ1v) is 12.3. The number of nitrogens with one attached hydrogen (secondary N) is 2. The minimum atomic E-state index is -0.676. The SMILES string of the molecule is CCn1c(=O)/c(=C\Nc2cccc(CCN(C)c3cccc(C)c3)c2)s/c1=C(/C#N)C(=O)NCC#N. The van der Waals surface area contributed by atoms with Crippen LogP contribution in [0.25, 0.3) is 11.8 Å². The second-order valence-electron chi connectivity index (χ2n) is 8.15. The number of carbonyl (C=O) groups is 1. The van der Waals surface area contributed by atoms with Gasteiger partial charge >= 0.3 is 0 Å². The number of hydrogen-bond acceptors (Lipinski definition) is 7. The van der Waals surface area contributed by atoms with E-state index in [2.05, 4.69) is 59.8 Å². The van der Waals surface area contributed by atoms with Gasteiger partial charge in [0, 0.05) is 37.7 Å². The van der Waals surface area contributed by atoms with Crippen LogP contribution in [0.1, 0.15) is 18.1 Å². The number of carbonyl (C=O) groups excluding carboxylic acids is 1. The summed E-state index contributed by atoms with van der Waals surface area (Å²) in [7, 11) is 2.07. The number of thiazole rings is 1. The molecule has 0 aliphatic rings. The third-order valence-electron chi connectivity index (χ3n) is 5.58. The molecule has 2 N–H and O–H groups in total. The highest BCUT2D eigenvalue weighted by atomic mass is 32.1. The number of aryl methyl sites for hydroxylation is 1. The molecule has 3 rings (SSSR count). The van der Waals surface area contributed by atoms with Crippen LogP contribution in [0.15, 0.2) is 53.3 Å². The van der Waals surface area contributed by atoms with E-state index in [1.165, 1.54) is 15.8 Å². The van der Waals surface area contributed by atoms with E-state index in [1.54, 1.807) is 19.2 Å². The number of nitriles is 2. The highest BCUT2D eigenvalue weighted by molar-refractivity contribution is 7.07. The van der Waals surface area contributed by atoms with Crippen LogP contribution < -0.4 is 30.3 Å². The normalized spacial score (nSPS) is 11.9. The molecule has 36 heavy (non-hydrogen) atoms. The van der Waals surface area contributed by atoms with Gasteiger partial charge in [-0.1, -0.05) is 24.3 Å². The van der Waals surface area contributed by atoms with E-state index in [1.807, 2.05) is 24.3 Å². The van der Waals surface area contributed by atoms with Gasteiger partial charge in [-0.05, 0) is 55.7 Å². The molecular weight excluding hydrogens is 472 g/mol. The van der Waals surface area contributed by atoms with Crippen LogP contribution in [0.4, 0.5) is 11.4 Å². The summed E-state index contributed by atoms with van der Waals surface area (Å²) in [6, 6.07) is 20.0. The van der Waals surface area contributed by atoms with Crippen molar-refractivity contribution in [3.05, 3.63) is 79.2 Å². The standard InChI is InChI=1S/C27H28N6O2S/c1-4-33-26(35)24(36-27(33)23(17-29)25(34)30-13-12-28)18-31-21-9-6-8-20(16-21)11-14-32(3)22-10-5-7-19(2)15-22/h5-10,15-16,18,31H,4,11,13-14H2,1-3H3,(H,30,34)/b24-18+,27-23-. The van der Waals surface area contributed by atoms with Crippen LogP contribution in [-0.4, -0.2) is 30.6 Å². The van der Waals surface area contributed by atoms with E-state index >= 15 is 0 Å². The first-order valence-electron chi connectivity index (χ1n) is 11.5. The predicted molar refractivity (Wildman–Crippen MR) is 144 cm³/mol. The summed E-state index contributed by atoms with van der Waals surface area (Å²) in [5.41, 5.74) is 3.91. The van der Waals surface area contributed by atoms with Gasteiger partial charge in [0.2, 0.25) is 0 Å². The minimum Gasteiger partial charge on any atom is -0.374 e. The highest BCUT2D eigenvalue weighted by Crippen LogP contribution is 2.16. The van der Waals surface area contributed by atoms with Crippen molar-refractivity contribution >= 4 is 40.4 Å². The van der Waals surface area contributed by atoms with Gasteiger partial charge in [0.15, 0.2) is 5.57 Å². The lowest BCUT2D eigenvalue weighted by molar-refractivity contribution is -0.115. The van der Waals surface area contributed by atoms with Crippen molar-refractivity contribution in [2.24, 2.45) is 0 Å². The summed E-state index contributed by atoms with van der Waals surface area (Å²) < 4.78 is 2.03. The number of nitrogens with zero attached hydrogens (tertiary/aromatic N) is 4. The van der Waals surface area contributed by atoms with Gasteiger partial charge in [-0.3, -0.25) is 14.2 Å². The van der Waals surface area contributed by atoms with Crippen molar-refractivity contribution in [3.8, 4) is 12.1 Å². The summed E-state index contributed by atoms with van der Waals surface area (Å²) in [6.45, 7) is 4.79. The molecule has 8 nitrogen and oxygen atoms in total. The molecule has 9 heteroatoms. The maximum Gasteiger partial charge on any atom is 0.270 e. The van der Waals surface area contributed by atoms with Crippen LogP contribution in [0.2, 0.25) is 0 Å². The molecule has 2 aromatic carbocycles. The Balaban J connectivity index is 1.81. The third-order valence-corrected chi connectivity index (χ3v) is 6.71. The molecule has 0 unspecified atom stereocenters. The summed E-state index contributed by atoms with van der Waals surface area (Å²) in [4.78, 5) is 27.4. The van der Waals surface area contributed by atoms with Gasteiger partial charge in [0.25, 0.3) is 11.5 Å². The fourth-order valence-corrected chi connectivity index (χ4v) is 4.74. The number of likely N-dealkylation sites (N-methyl/N-ethyl adjacent to an activating group) is 1. The van der Waals surface area contributed by atoms with E-state index in [-0.39, 0.29) is 22.3 Å². The van der Waals surface area contributed by atoms with Crippen molar-refractivity contribution in [2.75, 3.05) is 30.4 Å². The second-order valence-corrected chi connectivity index (χ2v) is 9.18. The molecule has 0 aliphatic carbocycles. The van der Waals surface area contributed by atoms with Crippen molar-refractivity contribution in [1.82, 2.24) is 9.88 Å². The Hall–Kier alpha value is -4.34. The molecular formula is C27H28N6O2S. The summed E-state index contributed by atoms with van der Waals surface area (Å²) in [5.74, 6) is -0.676. The Morgan fingerprint density at radius 2 is 1.97 bits per heavy atom. The van der Waals surface area contributed by atoms with E-state index in [0.717, 1.165) is 35.6 Å². The zero-order valence-corrected chi connectivity index (χ0v) is 21.4. The third kappa shape index (κ3) is 6.41. The maximum atomic E-state index is 12.9. The molecule has 1 heterocycles. The number of amides is 1. The van der Waals surface area contributed by atoms with Gasteiger partial charge in [0.1, 0.15) is 21.8 Å². The lowest BCUT2D eigenvalue weighted by Gasteiger charge is -2.20. The van der Waals surface area contributed by atoms with Gasteiger partial charge in [-0.15, -0.1) is 11.3 Å². The fraction of sp³-hybridized carbons (Fsp3) is 0.259. The smallest absolute Gasteiger partial charge is 0.270 e. The average Bonchev–Trinajstić information content (AvgIpc) is 3.20. The second kappa shape index (κ2) is 12.4. The molecule has 0 saturated heterocycles. The zero-order chi connectivity index (χ0) is 26.1. The zero-order valence-electron chi connectivity index (χ0n) is 20.5. The molecule has 0 radical (unpaired) electrons. The van der Waals surface area contributed by atoms with Crippen molar-refractivity contribution in [1.29, 1.82) is 10.5 Å². The van der Waals surface area contributed by atoms with Crippen LogP contribution in [0, 0.1) is 29.6 Å². The molecule has 0 atom stereocenters. The molecule has 1 amide bonds. The van der Waals surface area contributed by atoms with Crippen LogP contribution >= 0.6 is 11.3 Å². The minimum absolute atomic E-state index is 0.187. The van der Waals surface area contributed by atoms with Crippen LogP contribution in [0.5, 0.6) is 0 Å². The maximum absolute atomic E-state index is 12.9. The van der Waals surface area contributed by atoms with Crippen LogP contribution in [0.3, 0.4) is 0 Å². The Bertz CT molecular complexity index is 1510. The molecule has 0 fully saturated rings. The van der Waals surface area contributed by atoms with Crippen molar-refractivity contribution in [3.63, 3.8) is 0 Å². The Morgan fingerprint density at radius 1 is 1.19 bits per heavy atom. The Labute approximate surface area is 214 Å². The molecule has 0 spiro atoms. The first-order chi connectivity index (χ1) is 17.4. The topological polar surface area (TPSA) is 114 Å². The quantitative estimate of drug-likeness (QED) is 0.435. The summed E-state index contributed by atoms with van der Waals surface area (Å²) in [5, 5.41) is 23.7. The van der Waals surface area contributed by atoms with Gasteiger partial charge in [-0.25, -0.2) is 0 Å². The van der Waals surface area contributed by atoms with E-state index in [9.17, 15) is 14.9 Å². The number of hydrogen-bond donors (Lipinski definition) is 2. The Kier molecular flexibility index (Phi) is 9.04. The monoisotopic (exact) mass is 500 g/mol. The number of rotatable bonds is 9. The molecule has 1 aromatic heterocycles. The summed E-state index contributed by atoms with van der Waals surface area (Å²) >= 11 is 1.06. The first kappa shape index (κ1) is 26.3. The van der Waals surface area contributed by atoms with Gasteiger partial charge < -0.3 is 15.5 Å². The van der Waals surface area contributed by atoms with Crippen molar-refractivity contribution in [2.45, 2.75) is 26.8 Å². The number of anilines is 2. The van der Waals surface area contributed by atoms with Gasteiger partial charge in [0.05, 0.1) is 6.07 Å². The van der Waals surface area contributed by atoms with E-state index < -0.39 is 5.91 Å². The Morgan fingerprint density at radius 3 is 2.67 bits per heavy atom. The highest BCUT2D eigenvalue weighted by Gasteiger charge is 2.14. The molecule has 0 saturated carbocycles. The molecule has 0 aliphatic heterocycles. The van der Waals surface area contributed by atoms with E-state index in [4.69, 9.17) is 5.26 Å². The number of aromatic nitrogens is 1. The van der Waals surface area contributed by atoms with Gasteiger partial charge in [-0.2, -0.15) is 10.5 Å². The fourth-order valence-electron chi connectivity index (χ4n) is 3.65. The van der Waals surface area contributed by atoms with Crippen molar-refractivity contribution < 1.29 is 4.79 Å². The molecule has 0 bridgehead atoms. The lowest BCUT2D eigenvalue weighted by Crippen LogP contribution is -2.34. The predicted octanol–water partition coefficient (Wildman–Crippen LogP) is 2.08. The van der Waals surface area contributed by atoms with Crippen LogP contribution in [-0.2, 0) is 17.8 Å². The van der Waals surface area contributed by atoms with E-state index in [0.29, 0.717) is 11.1 Å². The molecule has 3 aromatic rings. The molecule has 184 valence electrons. The summed E-state index contributed by atoms with van der Waals surface area (Å²) in [6.07, 6.45) is 2.45. The number of benzene rings is 2. The lowest BCUT2D eigenvalue weighted by atomic mass is 10.1. The largest absolute Gasteiger partial charge is 0.374 e. The average molecular weight is 501 g/mol.